The van der Waals surface area contributed by atoms with Gasteiger partial charge in [-0.05, 0) is 37.5 Å². The second-order valence-corrected chi connectivity index (χ2v) is 5.56. The van der Waals surface area contributed by atoms with Crippen LogP contribution in [0.3, 0.4) is 0 Å². The van der Waals surface area contributed by atoms with Crippen molar-refractivity contribution in [3.8, 4) is 5.69 Å². The van der Waals surface area contributed by atoms with E-state index in [1.807, 2.05) is 29.1 Å². The van der Waals surface area contributed by atoms with Crippen molar-refractivity contribution in [3.05, 3.63) is 60.4 Å². The SMILES string of the molecule is CCNC(=NCc1ccccc1-n1cccn1)NC1CC=CC1. The van der Waals surface area contributed by atoms with Crippen molar-refractivity contribution in [1.82, 2.24) is 20.4 Å². The topological polar surface area (TPSA) is 54.2 Å². The van der Waals surface area contributed by atoms with E-state index in [4.69, 9.17) is 4.99 Å². The van der Waals surface area contributed by atoms with Crippen LogP contribution in [0.5, 0.6) is 0 Å². The molecule has 23 heavy (non-hydrogen) atoms. The Morgan fingerprint density at radius 3 is 2.83 bits per heavy atom. The van der Waals surface area contributed by atoms with E-state index in [1.165, 1.54) is 0 Å². The van der Waals surface area contributed by atoms with E-state index >= 15 is 0 Å². The third-order valence-corrected chi connectivity index (χ3v) is 3.84. The minimum atomic E-state index is 0.453. The first kappa shape index (κ1) is 15.3. The maximum Gasteiger partial charge on any atom is 0.191 e. The van der Waals surface area contributed by atoms with Gasteiger partial charge in [0.25, 0.3) is 0 Å². The van der Waals surface area contributed by atoms with Crippen LogP contribution < -0.4 is 10.6 Å². The maximum absolute atomic E-state index is 4.74. The van der Waals surface area contributed by atoms with Crippen LogP contribution in [0.1, 0.15) is 25.3 Å². The minimum Gasteiger partial charge on any atom is -0.357 e. The predicted molar refractivity (Wildman–Crippen MR) is 93.7 cm³/mol. The Labute approximate surface area is 137 Å². The van der Waals surface area contributed by atoms with Gasteiger partial charge < -0.3 is 10.6 Å². The number of hydrogen-bond acceptors (Lipinski definition) is 2. The van der Waals surface area contributed by atoms with E-state index < -0.39 is 0 Å². The number of guanidine groups is 1. The molecule has 2 N–H and O–H groups in total. The predicted octanol–water partition coefficient (Wildman–Crippen LogP) is 2.65. The van der Waals surface area contributed by atoms with Crippen LogP contribution in [-0.2, 0) is 6.54 Å². The number of nitrogens with zero attached hydrogens (tertiary/aromatic N) is 3. The minimum absolute atomic E-state index is 0.453. The average Bonchev–Trinajstić information content (AvgIpc) is 3.27. The Balaban J connectivity index is 1.74. The number of para-hydroxylation sites is 1. The first-order valence-corrected chi connectivity index (χ1v) is 8.14. The first-order chi connectivity index (χ1) is 11.4. The molecule has 5 heteroatoms. The molecule has 1 aromatic heterocycles. The number of hydrogen-bond donors (Lipinski definition) is 2. The van der Waals surface area contributed by atoms with E-state index in [-0.39, 0.29) is 0 Å². The Hall–Kier alpha value is -2.56. The van der Waals surface area contributed by atoms with E-state index in [2.05, 4.69) is 46.9 Å². The zero-order valence-electron chi connectivity index (χ0n) is 13.4. The second kappa shape index (κ2) is 7.63. The number of benzene rings is 1. The summed E-state index contributed by atoms with van der Waals surface area (Å²) in [5.41, 5.74) is 2.22. The molecule has 0 amide bonds. The molecule has 1 heterocycles. The fraction of sp³-hybridized carbons (Fsp3) is 0.333. The molecule has 1 aromatic carbocycles. The van der Waals surface area contributed by atoms with Crippen LogP contribution in [0.25, 0.3) is 5.69 Å². The highest BCUT2D eigenvalue weighted by Gasteiger charge is 2.11. The Morgan fingerprint density at radius 2 is 2.09 bits per heavy atom. The number of nitrogens with one attached hydrogen (secondary N) is 2. The molecule has 0 atom stereocenters. The lowest BCUT2D eigenvalue weighted by atomic mass is 10.2. The van der Waals surface area contributed by atoms with Crippen LogP contribution in [0, 0.1) is 0 Å². The Kier molecular flexibility index (Phi) is 5.09. The van der Waals surface area contributed by atoms with Gasteiger partial charge in [0.05, 0.1) is 12.2 Å². The van der Waals surface area contributed by atoms with Crippen molar-refractivity contribution < 1.29 is 0 Å². The van der Waals surface area contributed by atoms with E-state index in [0.717, 1.165) is 36.6 Å². The van der Waals surface area contributed by atoms with Crippen LogP contribution >= 0.6 is 0 Å². The molecule has 0 aliphatic heterocycles. The van der Waals surface area contributed by atoms with Crippen molar-refractivity contribution in [1.29, 1.82) is 0 Å². The van der Waals surface area contributed by atoms with Crippen molar-refractivity contribution in [2.45, 2.75) is 32.4 Å². The van der Waals surface area contributed by atoms with Crippen LogP contribution in [0.2, 0.25) is 0 Å². The van der Waals surface area contributed by atoms with Crippen LogP contribution in [0.4, 0.5) is 0 Å². The van der Waals surface area contributed by atoms with E-state index in [9.17, 15) is 0 Å². The molecule has 0 bridgehead atoms. The Bertz CT molecular complexity index is 664. The van der Waals surface area contributed by atoms with Crippen molar-refractivity contribution in [3.63, 3.8) is 0 Å². The van der Waals surface area contributed by atoms with Gasteiger partial charge in [-0.25, -0.2) is 9.67 Å². The third-order valence-electron chi connectivity index (χ3n) is 3.84. The maximum atomic E-state index is 4.74. The normalized spacial score (nSPS) is 15.1. The lowest BCUT2D eigenvalue weighted by Crippen LogP contribution is -2.42. The van der Waals surface area contributed by atoms with E-state index in [0.29, 0.717) is 12.6 Å². The quantitative estimate of drug-likeness (QED) is 0.507. The largest absolute Gasteiger partial charge is 0.357 e. The van der Waals surface area contributed by atoms with Gasteiger partial charge in [-0.3, -0.25) is 0 Å². The van der Waals surface area contributed by atoms with Gasteiger partial charge in [0.2, 0.25) is 0 Å². The highest BCUT2D eigenvalue weighted by molar-refractivity contribution is 5.80. The van der Waals surface area contributed by atoms with Gasteiger partial charge in [-0.2, -0.15) is 5.10 Å². The molecule has 0 unspecified atom stereocenters. The molecule has 0 radical (unpaired) electrons. The molecule has 0 saturated heterocycles. The summed E-state index contributed by atoms with van der Waals surface area (Å²) in [5, 5.41) is 11.1. The average molecular weight is 309 g/mol. The third kappa shape index (κ3) is 4.00. The smallest absolute Gasteiger partial charge is 0.191 e. The number of aliphatic imine (C=N–C) groups is 1. The van der Waals surface area contributed by atoms with Gasteiger partial charge in [-0.1, -0.05) is 30.4 Å². The molecule has 0 saturated carbocycles. The van der Waals surface area contributed by atoms with Crippen molar-refractivity contribution in [2.75, 3.05) is 6.54 Å². The summed E-state index contributed by atoms with van der Waals surface area (Å²) >= 11 is 0. The zero-order valence-corrected chi connectivity index (χ0v) is 13.4. The zero-order chi connectivity index (χ0) is 15.9. The molecular formula is C18H23N5. The Morgan fingerprint density at radius 1 is 1.26 bits per heavy atom. The second-order valence-electron chi connectivity index (χ2n) is 5.56. The molecule has 0 fully saturated rings. The molecule has 120 valence electrons. The summed E-state index contributed by atoms with van der Waals surface area (Å²) in [7, 11) is 0. The molecule has 3 rings (SSSR count). The molecule has 1 aliphatic carbocycles. The van der Waals surface area contributed by atoms with Gasteiger partial charge in [0, 0.05) is 25.0 Å². The fourth-order valence-corrected chi connectivity index (χ4v) is 2.69. The van der Waals surface area contributed by atoms with Gasteiger partial charge in [-0.15, -0.1) is 0 Å². The lowest BCUT2D eigenvalue weighted by molar-refractivity contribution is 0.633. The number of aromatic nitrogens is 2. The molecule has 2 aromatic rings. The fourth-order valence-electron chi connectivity index (χ4n) is 2.69. The van der Waals surface area contributed by atoms with Crippen LogP contribution in [-0.4, -0.2) is 28.3 Å². The lowest BCUT2D eigenvalue weighted by Gasteiger charge is -2.17. The van der Waals surface area contributed by atoms with Crippen molar-refractivity contribution in [2.24, 2.45) is 4.99 Å². The first-order valence-electron chi connectivity index (χ1n) is 8.14. The molecule has 1 aliphatic rings. The van der Waals surface area contributed by atoms with Gasteiger partial charge in [0.15, 0.2) is 5.96 Å². The highest BCUT2D eigenvalue weighted by atomic mass is 15.3. The van der Waals surface area contributed by atoms with Gasteiger partial charge in [0.1, 0.15) is 0 Å². The standard InChI is InChI=1S/C18H23N5/c1-2-19-18(22-16-9-4-5-10-16)20-14-15-8-3-6-11-17(15)23-13-7-12-21-23/h3-8,11-13,16H,2,9-10,14H2,1H3,(H2,19,20,22). The summed E-state index contributed by atoms with van der Waals surface area (Å²) in [4.78, 5) is 4.74. The van der Waals surface area contributed by atoms with Gasteiger partial charge >= 0.3 is 0 Å². The van der Waals surface area contributed by atoms with Crippen molar-refractivity contribution >= 4 is 5.96 Å². The summed E-state index contributed by atoms with van der Waals surface area (Å²) in [6, 6.07) is 10.6. The molecule has 0 spiro atoms. The summed E-state index contributed by atoms with van der Waals surface area (Å²) in [5.74, 6) is 0.872. The highest BCUT2D eigenvalue weighted by Crippen LogP contribution is 2.14. The van der Waals surface area contributed by atoms with Crippen LogP contribution in [0.15, 0.2) is 59.9 Å². The monoisotopic (exact) mass is 309 g/mol. The summed E-state index contributed by atoms with van der Waals surface area (Å²) in [6.07, 6.45) is 10.3. The summed E-state index contributed by atoms with van der Waals surface area (Å²) < 4.78 is 1.88. The van der Waals surface area contributed by atoms with E-state index in [1.54, 1.807) is 6.20 Å². The molecule has 5 nitrogen and oxygen atoms in total. The summed E-state index contributed by atoms with van der Waals surface area (Å²) in [6.45, 7) is 3.56. The number of rotatable bonds is 5. The molecular weight excluding hydrogens is 286 g/mol.